The molecule has 1 unspecified atom stereocenters. The fourth-order valence-corrected chi connectivity index (χ4v) is 2.13. The van der Waals surface area contributed by atoms with Crippen molar-refractivity contribution in [3.05, 3.63) is 12.2 Å². The van der Waals surface area contributed by atoms with Gasteiger partial charge in [0.1, 0.15) is 18.3 Å². The summed E-state index contributed by atoms with van der Waals surface area (Å²) in [6, 6.07) is 0. The van der Waals surface area contributed by atoms with E-state index in [-0.39, 0.29) is 12.8 Å². The van der Waals surface area contributed by atoms with Crippen molar-refractivity contribution in [2.24, 2.45) is 0 Å². The Labute approximate surface area is 130 Å². The van der Waals surface area contributed by atoms with E-state index in [0.717, 1.165) is 12.8 Å². The highest BCUT2D eigenvalue weighted by Crippen LogP contribution is 2.14. The van der Waals surface area contributed by atoms with E-state index in [1.807, 2.05) is 6.08 Å². The van der Waals surface area contributed by atoms with Crippen LogP contribution in [0.4, 0.5) is 0 Å². The molecule has 1 aliphatic heterocycles. The van der Waals surface area contributed by atoms with Gasteiger partial charge >= 0.3 is 5.97 Å². The van der Waals surface area contributed by atoms with Crippen LogP contribution in [-0.4, -0.2) is 58.2 Å². The molecule has 7 nitrogen and oxygen atoms in total. The van der Waals surface area contributed by atoms with E-state index in [1.165, 1.54) is 6.92 Å². The average Bonchev–Trinajstić information content (AvgIpc) is 2.47. The summed E-state index contributed by atoms with van der Waals surface area (Å²) in [5.74, 6) is -1.13. The van der Waals surface area contributed by atoms with Crippen LogP contribution in [0.5, 0.6) is 0 Å². The molecule has 7 heteroatoms. The first-order valence-electron chi connectivity index (χ1n) is 7.58. The molecule has 126 valence electrons. The molecule has 4 atom stereocenters. The van der Waals surface area contributed by atoms with Gasteiger partial charge in [-0.2, -0.15) is 0 Å². The van der Waals surface area contributed by atoms with E-state index in [1.54, 1.807) is 6.08 Å². The molecule has 0 bridgehead atoms. The molecule has 1 amide bonds. The van der Waals surface area contributed by atoms with Gasteiger partial charge in [-0.15, -0.1) is 0 Å². The lowest BCUT2D eigenvalue weighted by atomic mass is 10.0. The minimum absolute atomic E-state index is 0.194. The van der Waals surface area contributed by atoms with Crippen LogP contribution >= 0.6 is 0 Å². The minimum atomic E-state index is -1.43. The van der Waals surface area contributed by atoms with Crippen molar-refractivity contribution >= 4 is 11.9 Å². The van der Waals surface area contributed by atoms with Crippen LogP contribution in [0.25, 0.3) is 0 Å². The third kappa shape index (κ3) is 6.55. The van der Waals surface area contributed by atoms with E-state index in [4.69, 9.17) is 4.74 Å². The maximum atomic E-state index is 11.8. The molecule has 0 aliphatic carbocycles. The molecule has 0 aromatic heterocycles. The minimum Gasteiger partial charge on any atom is -0.459 e. The molecule has 1 heterocycles. The number of nitrogens with one attached hydrogen (secondary N) is 1. The van der Waals surface area contributed by atoms with Gasteiger partial charge in [0, 0.05) is 19.4 Å². The number of hydrogen-bond donors (Lipinski definition) is 4. The summed E-state index contributed by atoms with van der Waals surface area (Å²) in [6.07, 6.45) is 0.795. The van der Waals surface area contributed by atoms with Gasteiger partial charge in [-0.05, 0) is 26.2 Å². The number of amides is 1. The maximum absolute atomic E-state index is 11.8. The smallest absolute Gasteiger partial charge is 0.306 e. The summed E-state index contributed by atoms with van der Waals surface area (Å²) in [4.78, 5) is 23.5. The monoisotopic (exact) mass is 315 g/mol. The Bertz CT molecular complexity index is 395. The van der Waals surface area contributed by atoms with Gasteiger partial charge in [0.05, 0.1) is 6.10 Å². The van der Waals surface area contributed by atoms with Crippen LogP contribution < -0.4 is 5.32 Å². The van der Waals surface area contributed by atoms with Gasteiger partial charge in [-0.1, -0.05) is 12.2 Å². The Kier molecular flexibility index (Phi) is 8.08. The predicted octanol–water partition coefficient (Wildman–Crippen LogP) is -0.363. The van der Waals surface area contributed by atoms with Gasteiger partial charge in [0.2, 0.25) is 5.91 Å². The Hall–Kier alpha value is -1.44. The number of hydrogen-bond acceptors (Lipinski definition) is 6. The zero-order valence-electron chi connectivity index (χ0n) is 12.8. The number of esters is 1. The average molecular weight is 315 g/mol. The molecular weight excluding hydrogens is 290 g/mol. The van der Waals surface area contributed by atoms with Gasteiger partial charge in [-0.3, -0.25) is 9.59 Å². The molecule has 0 fully saturated rings. The van der Waals surface area contributed by atoms with Crippen LogP contribution in [-0.2, 0) is 14.3 Å². The predicted molar refractivity (Wildman–Crippen MR) is 78.8 cm³/mol. The highest BCUT2D eigenvalue weighted by molar-refractivity contribution is 5.80. The molecule has 0 aromatic carbocycles. The zero-order chi connectivity index (χ0) is 16.5. The molecule has 1 rings (SSSR count). The van der Waals surface area contributed by atoms with Crippen LogP contribution in [0.15, 0.2) is 12.2 Å². The number of allylic oxidation sites excluding steroid dienone is 1. The largest absolute Gasteiger partial charge is 0.459 e. The molecule has 22 heavy (non-hydrogen) atoms. The van der Waals surface area contributed by atoms with Gasteiger partial charge in [0.25, 0.3) is 0 Å². The number of carbonyl (C=O) groups is 2. The summed E-state index contributed by atoms with van der Waals surface area (Å²) in [5, 5.41) is 31.7. The van der Waals surface area contributed by atoms with E-state index >= 15 is 0 Å². The SMILES string of the molecule is C[C@@H](O)[C@@H](O)C1C[C@H](O)C(=O)NC/C=C\CCCCC(=O)O1. The summed E-state index contributed by atoms with van der Waals surface area (Å²) in [6.45, 7) is 1.65. The lowest BCUT2D eigenvalue weighted by Gasteiger charge is -2.26. The van der Waals surface area contributed by atoms with E-state index < -0.39 is 36.3 Å². The standard InChI is InChI=1S/C15H25NO6/c1-10(17)14(20)12-9-11(18)15(21)16-8-6-4-2-3-5-7-13(19)22-12/h4,6,10-12,14,17-18,20H,2-3,5,7-9H2,1H3,(H,16,21)/b6-4-/t10-,11+,12?,14-/m1/s1. The van der Waals surface area contributed by atoms with Crippen LogP contribution in [0.3, 0.4) is 0 Å². The summed E-state index contributed by atoms with van der Waals surface area (Å²) >= 11 is 0. The second-order valence-electron chi connectivity index (χ2n) is 5.47. The molecule has 4 N–H and O–H groups in total. The lowest BCUT2D eigenvalue weighted by Crippen LogP contribution is -2.44. The Morgan fingerprint density at radius 3 is 2.68 bits per heavy atom. The van der Waals surface area contributed by atoms with Crippen LogP contribution in [0.2, 0.25) is 0 Å². The first-order chi connectivity index (χ1) is 10.4. The van der Waals surface area contributed by atoms with Crippen LogP contribution in [0, 0.1) is 0 Å². The van der Waals surface area contributed by atoms with Crippen molar-refractivity contribution in [1.82, 2.24) is 5.32 Å². The number of aliphatic hydroxyl groups is 3. The summed E-state index contributed by atoms with van der Waals surface area (Å²) in [5.41, 5.74) is 0. The summed E-state index contributed by atoms with van der Waals surface area (Å²) in [7, 11) is 0. The topological polar surface area (TPSA) is 116 Å². The Morgan fingerprint density at radius 1 is 1.27 bits per heavy atom. The molecular formula is C15H25NO6. The van der Waals surface area contributed by atoms with Crippen molar-refractivity contribution in [3.63, 3.8) is 0 Å². The third-order valence-electron chi connectivity index (χ3n) is 3.48. The van der Waals surface area contributed by atoms with E-state index in [2.05, 4.69) is 5.32 Å². The summed E-state index contributed by atoms with van der Waals surface area (Å²) < 4.78 is 5.13. The highest BCUT2D eigenvalue weighted by Gasteiger charge is 2.31. The molecule has 0 radical (unpaired) electrons. The zero-order valence-corrected chi connectivity index (χ0v) is 12.8. The first-order valence-corrected chi connectivity index (χ1v) is 7.58. The first kappa shape index (κ1) is 18.6. The third-order valence-corrected chi connectivity index (χ3v) is 3.48. The Balaban J connectivity index is 2.78. The maximum Gasteiger partial charge on any atom is 0.306 e. The quantitative estimate of drug-likeness (QED) is 0.408. The van der Waals surface area contributed by atoms with Gasteiger partial charge in [-0.25, -0.2) is 0 Å². The second-order valence-corrected chi connectivity index (χ2v) is 5.47. The molecule has 0 saturated heterocycles. The number of aliphatic hydroxyl groups excluding tert-OH is 3. The normalized spacial score (nSPS) is 29.6. The van der Waals surface area contributed by atoms with Gasteiger partial charge in [0.15, 0.2) is 0 Å². The molecule has 1 aliphatic rings. The fourth-order valence-electron chi connectivity index (χ4n) is 2.13. The van der Waals surface area contributed by atoms with Crippen molar-refractivity contribution in [2.75, 3.05) is 6.54 Å². The van der Waals surface area contributed by atoms with Crippen molar-refractivity contribution in [1.29, 1.82) is 0 Å². The van der Waals surface area contributed by atoms with Gasteiger partial charge < -0.3 is 25.4 Å². The van der Waals surface area contributed by atoms with Crippen LogP contribution in [0.1, 0.15) is 39.0 Å². The molecule has 0 saturated carbocycles. The van der Waals surface area contributed by atoms with E-state index in [9.17, 15) is 24.9 Å². The second kappa shape index (κ2) is 9.55. The number of carbonyl (C=O) groups excluding carboxylic acids is 2. The lowest BCUT2D eigenvalue weighted by molar-refractivity contribution is -0.163. The van der Waals surface area contributed by atoms with Crippen molar-refractivity contribution < 1.29 is 29.6 Å². The highest BCUT2D eigenvalue weighted by atomic mass is 16.6. The number of ether oxygens (including phenoxy) is 1. The number of rotatable bonds is 2. The van der Waals surface area contributed by atoms with E-state index in [0.29, 0.717) is 13.0 Å². The molecule has 0 spiro atoms. The molecule has 0 aromatic rings. The van der Waals surface area contributed by atoms with Crippen molar-refractivity contribution in [2.45, 2.75) is 63.4 Å². The van der Waals surface area contributed by atoms with Crippen molar-refractivity contribution in [3.8, 4) is 0 Å². The Morgan fingerprint density at radius 2 is 2.00 bits per heavy atom. The number of cyclic esters (lactones) is 1. The fraction of sp³-hybridized carbons (Fsp3) is 0.733.